The monoisotopic (exact) mass is 352 g/mol. The molecule has 0 saturated carbocycles. The number of alkyl halides is 3. The molecule has 0 fully saturated rings. The zero-order valence-electron chi connectivity index (χ0n) is 12.9. The fraction of sp³-hybridized carbons (Fsp3) is 0.500. The van der Waals surface area contributed by atoms with Gasteiger partial charge in [0, 0.05) is 13.0 Å². The Morgan fingerprint density at radius 3 is 2.22 bits per heavy atom. The van der Waals surface area contributed by atoms with E-state index in [2.05, 4.69) is 5.32 Å². The molecular formula is C14H19F3N2O3S. The van der Waals surface area contributed by atoms with Crippen molar-refractivity contribution in [1.29, 1.82) is 0 Å². The molecule has 0 spiro atoms. The Kier molecular flexibility index (Phi) is 6.43. The van der Waals surface area contributed by atoms with Gasteiger partial charge in [-0.1, -0.05) is 6.92 Å². The number of nitrogens with one attached hydrogen (secondary N) is 1. The highest BCUT2D eigenvalue weighted by molar-refractivity contribution is 7.92. The van der Waals surface area contributed by atoms with Crippen LogP contribution in [0.1, 0.15) is 25.3 Å². The van der Waals surface area contributed by atoms with Crippen molar-refractivity contribution in [2.75, 3.05) is 23.7 Å². The Morgan fingerprint density at radius 2 is 1.78 bits per heavy atom. The van der Waals surface area contributed by atoms with Gasteiger partial charge in [0.2, 0.25) is 15.9 Å². The predicted octanol–water partition coefficient (Wildman–Crippen LogP) is 2.39. The summed E-state index contributed by atoms with van der Waals surface area (Å²) in [5.41, 5.74) is -0.740. The number of rotatable bonds is 7. The zero-order valence-corrected chi connectivity index (χ0v) is 13.7. The van der Waals surface area contributed by atoms with Gasteiger partial charge in [-0.25, -0.2) is 8.42 Å². The minimum atomic E-state index is -4.48. The minimum Gasteiger partial charge on any atom is -0.354 e. The molecule has 0 aliphatic carbocycles. The summed E-state index contributed by atoms with van der Waals surface area (Å²) >= 11 is 0. The van der Waals surface area contributed by atoms with E-state index < -0.39 is 21.8 Å². The molecule has 23 heavy (non-hydrogen) atoms. The summed E-state index contributed by atoms with van der Waals surface area (Å²) in [5.74, 6) is -0.201. The lowest BCUT2D eigenvalue weighted by molar-refractivity contribution is -0.137. The first-order valence-electron chi connectivity index (χ1n) is 6.97. The number of anilines is 1. The average molecular weight is 352 g/mol. The summed E-state index contributed by atoms with van der Waals surface area (Å²) in [7, 11) is -3.68. The highest BCUT2D eigenvalue weighted by atomic mass is 32.2. The number of hydrogen-bond acceptors (Lipinski definition) is 3. The summed E-state index contributed by atoms with van der Waals surface area (Å²) in [6, 6.07) is 3.84. The van der Waals surface area contributed by atoms with Gasteiger partial charge < -0.3 is 5.32 Å². The standard InChI is InChI=1S/C14H19F3N2O3S/c1-3-4-13(20)18-9-10-19(23(2,21)22)12-7-5-11(6-8-12)14(15,16)17/h5-8H,3-4,9-10H2,1-2H3,(H,18,20). The lowest BCUT2D eigenvalue weighted by atomic mass is 10.2. The number of amides is 1. The van der Waals surface area contributed by atoms with Crippen molar-refractivity contribution in [1.82, 2.24) is 5.32 Å². The maximum Gasteiger partial charge on any atom is 0.416 e. The number of hydrogen-bond donors (Lipinski definition) is 1. The van der Waals surface area contributed by atoms with Crippen molar-refractivity contribution in [2.24, 2.45) is 0 Å². The van der Waals surface area contributed by atoms with Crippen LogP contribution < -0.4 is 9.62 Å². The number of sulfonamides is 1. The third kappa shape index (κ3) is 6.09. The van der Waals surface area contributed by atoms with Gasteiger partial charge in [0.1, 0.15) is 0 Å². The Hall–Kier alpha value is -1.77. The maximum absolute atomic E-state index is 12.5. The first-order valence-corrected chi connectivity index (χ1v) is 8.82. The molecule has 0 bridgehead atoms. The van der Waals surface area contributed by atoms with E-state index in [9.17, 15) is 26.4 Å². The van der Waals surface area contributed by atoms with E-state index in [1.807, 2.05) is 6.92 Å². The van der Waals surface area contributed by atoms with Crippen LogP contribution in [0.5, 0.6) is 0 Å². The Labute approximate surface area is 133 Å². The van der Waals surface area contributed by atoms with Gasteiger partial charge in [0.05, 0.1) is 24.1 Å². The first kappa shape index (κ1) is 19.3. The van der Waals surface area contributed by atoms with Crippen molar-refractivity contribution < 1.29 is 26.4 Å². The number of halogens is 3. The number of benzene rings is 1. The third-order valence-corrected chi connectivity index (χ3v) is 4.19. The Balaban J connectivity index is 2.85. The highest BCUT2D eigenvalue weighted by Crippen LogP contribution is 2.30. The molecule has 0 heterocycles. The smallest absolute Gasteiger partial charge is 0.354 e. The highest BCUT2D eigenvalue weighted by Gasteiger charge is 2.30. The molecule has 0 aliphatic heterocycles. The van der Waals surface area contributed by atoms with Crippen LogP contribution in [0.4, 0.5) is 18.9 Å². The van der Waals surface area contributed by atoms with Crippen molar-refractivity contribution in [2.45, 2.75) is 25.9 Å². The summed E-state index contributed by atoms with van der Waals surface area (Å²) < 4.78 is 62.2. The lowest BCUT2D eigenvalue weighted by Crippen LogP contribution is -2.38. The Morgan fingerprint density at radius 1 is 1.22 bits per heavy atom. The van der Waals surface area contributed by atoms with Crippen LogP contribution in [-0.2, 0) is 21.0 Å². The molecule has 9 heteroatoms. The summed E-state index contributed by atoms with van der Waals surface area (Å²) in [6.45, 7) is 1.86. The van der Waals surface area contributed by atoms with Gasteiger partial charge in [0.25, 0.3) is 0 Å². The molecule has 0 aromatic heterocycles. The summed E-state index contributed by atoms with van der Waals surface area (Å²) in [4.78, 5) is 11.4. The van der Waals surface area contributed by atoms with Gasteiger partial charge in [0.15, 0.2) is 0 Å². The van der Waals surface area contributed by atoms with Crippen molar-refractivity contribution >= 4 is 21.6 Å². The van der Waals surface area contributed by atoms with Crippen LogP contribution in [0.15, 0.2) is 24.3 Å². The van der Waals surface area contributed by atoms with E-state index >= 15 is 0 Å². The van der Waals surface area contributed by atoms with Crippen LogP contribution in [0.2, 0.25) is 0 Å². The third-order valence-electron chi connectivity index (χ3n) is 3.00. The summed E-state index contributed by atoms with van der Waals surface area (Å²) in [5, 5.41) is 2.57. The van der Waals surface area contributed by atoms with Crippen molar-refractivity contribution in [3.8, 4) is 0 Å². The molecule has 1 amide bonds. The fourth-order valence-corrected chi connectivity index (χ4v) is 2.84. The molecular weight excluding hydrogens is 333 g/mol. The fourth-order valence-electron chi connectivity index (χ4n) is 1.92. The lowest BCUT2D eigenvalue weighted by Gasteiger charge is -2.23. The van der Waals surface area contributed by atoms with Crippen LogP contribution in [0, 0.1) is 0 Å². The van der Waals surface area contributed by atoms with Gasteiger partial charge in [-0.3, -0.25) is 9.10 Å². The van der Waals surface area contributed by atoms with Crippen molar-refractivity contribution in [3.05, 3.63) is 29.8 Å². The largest absolute Gasteiger partial charge is 0.416 e. The summed E-state index contributed by atoms with van der Waals surface area (Å²) in [6.07, 6.45) is -2.53. The molecule has 1 aromatic carbocycles. The normalized spacial score (nSPS) is 12.0. The SMILES string of the molecule is CCCC(=O)NCCN(c1ccc(C(F)(F)F)cc1)S(C)(=O)=O. The second kappa shape index (κ2) is 7.67. The average Bonchev–Trinajstić information content (AvgIpc) is 2.42. The van der Waals surface area contributed by atoms with Crippen LogP contribution in [0.25, 0.3) is 0 Å². The van der Waals surface area contributed by atoms with Gasteiger partial charge in [-0.05, 0) is 30.7 Å². The quantitative estimate of drug-likeness (QED) is 0.819. The van der Waals surface area contributed by atoms with Crippen LogP contribution in [0.3, 0.4) is 0 Å². The molecule has 0 saturated heterocycles. The van der Waals surface area contributed by atoms with Gasteiger partial charge in [-0.2, -0.15) is 13.2 Å². The minimum absolute atomic E-state index is 0.0559. The van der Waals surface area contributed by atoms with Gasteiger partial charge in [-0.15, -0.1) is 0 Å². The molecule has 1 rings (SSSR count). The molecule has 130 valence electrons. The molecule has 0 radical (unpaired) electrons. The van der Waals surface area contributed by atoms with E-state index in [1.54, 1.807) is 0 Å². The number of carbonyl (C=O) groups is 1. The van der Waals surface area contributed by atoms with E-state index in [0.29, 0.717) is 12.8 Å². The molecule has 5 nitrogen and oxygen atoms in total. The van der Waals surface area contributed by atoms with E-state index in [-0.39, 0.29) is 24.7 Å². The number of nitrogens with zero attached hydrogens (tertiary/aromatic N) is 1. The second-order valence-electron chi connectivity index (χ2n) is 4.98. The van der Waals surface area contributed by atoms with Crippen molar-refractivity contribution in [3.63, 3.8) is 0 Å². The molecule has 1 aromatic rings. The first-order chi connectivity index (χ1) is 10.6. The van der Waals surface area contributed by atoms with Gasteiger partial charge >= 0.3 is 6.18 Å². The van der Waals surface area contributed by atoms with E-state index in [0.717, 1.165) is 34.8 Å². The molecule has 0 unspecified atom stereocenters. The zero-order chi connectivity index (χ0) is 17.7. The second-order valence-corrected chi connectivity index (χ2v) is 6.89. The number of carbonyl (C=O) groups excluding carboxylic acids is 1. The maximum atomic E-state index is 12.5. The Bertz CT molecular complexity index is 628. The topological polar surface area (TPSA) is 66.5 Å². The molecule has 0 atom stereocenters. The molecule has 1 N–H and O–H groups in total. The van der Waals surface area contributed by atoms with E-state index in [1.165, 1.54) is 0 Å². The van der Waals surface area contributed by atoms with Crippen LogP contribution in [-0.4, -0.2) is 33.7 Å². The van der Waals surface area contributed by atoms with E-state index in [4.69, 9.17) is 0 Å². The predicted molar refractivity (Wildman–Crippen MR) is 81.6 cm³/mol. The van der Waals surface area contributed by atoms with Crippen LogP contribution >= 0.6 is 0 Å². The molecule has 0 aliphatic rings.